The van der Waals surface area contributed by atoms with Crippen LogP contribution in [0.1, 0.15) is 53.4 Å². The van der Waals surface area contributed by atoms with E-state index in [1.54, 1.807) is 45.4 Å². The van der Waals surface area contributed by atoms with Crippen molar-refractivity contribution in [3.05, 3.63) is 18.1 Å². The van der Waals surface area contributed by atoms with E-state index in [1.165, 1.54) is 10.8 Å². The predicted molar refractivity (Wildman–Crippen MR) is 94.8 cm³/mol. The highest BCUT2D eigenvalue weighted by Gasteiger charge is 2.55. The monoisotopic (exact) mass is 402 g/mol. The van der Waals surface area contributed by atoms with E-state index in [1.807, 2.05) is 0 Å². The minimum Gasteiger partial charge on any atom is -0.468 e. The van der Waals surface area contributed by atoms with Crippen LogP contribution in [0.5, 0.6) is 5.88 Å². The Bertz CT molecular complexity index is 891. The third-order valence-electron chi connectivity index (χ3n) is 5.52. The first-order valence-corrected chi connectivity index (χ1v) is 8.92. The van der Waals surface area contributed by atoms with Gasteiger partial charge in [-0.2, -0.15) is 13.2 Å². The maximum absolute atomic E-state index is 13.3. The number of hydrogen-bond acceptors (Lipinski definition) is 5. The smallest absolute Gasteiger partial charge is 0.424 e. The first-order chi connectivity index (χ1) is 12.6. The lowest BCUT2D eigenvalue weighted by Crippen LogP contribution is -2.49. The summed E-state index contributed by atoms with van der Waals surface area (Å²) < 4.78 is 48.8. The number of rotatable bonds is 4. The number of ether oxygens (including phenoxy) is 1. The SMILES string of the molecule is C[C@H]1Cn2nc(OC(C)(C)C(C)(C)O)cc2-c2cnc([C@@](C)(O)C(F)(F)F)n21. The zero-order valence-corrected chi connectivity index (χ0v) is 16.7. The number of hydrogen-bond donors (Lipinski definition) is 2. The van der Waals surface area contributed by atoms with Gasteiger partial charge in [0.1, 0.15) is 5.60 Å². The molecule has 1 aliphatic rings. The van der Waals surface area contributed by atoms with Gasteiger partial charge in [-0.25, -0.2) is 4.98 Å². The van der Waals surface area contributed by atoms with Gasteiger partial charge in [0.25, 0.3) is 0 Å². The lowest BCUT2D eigenvalue weighted by atomic mass is 9.89. The van der Waals surface area contributed by atoms with Crippen LogP contribution in [-0.2, 0) is 12.1 Å². The molecule has 28 heavy (non-hydrogen) atoms. The van der Waals surface area contributed by atoms with Gasteiger partial charge in [-0.1, -0.05) is 0 Å². The van der Waals surface area contributed by atoms with Gasteiger partial charge in [0.2, 0.25) is 11.5 Å². The molecule has 156 valence electrons. The van der Waals surface area contributed by atoms with Crippen LogP contribution < -0.4 is 4.74 Å². The van der Waals surface area contributed by atoms with Crippen LogP contribution in [0, 0.1) is 0 Å². The van der Waals surface area contributed by atoms with Gasteiger partial charge in [0.05, 0.1) is 35.8 Å². The maximum Gasteiger partial charge on any atom is 0.424 e. The van der Waals surface area contributed by atoms with Crippen molar-refractivity contribution >= 4 is 0 Å². The second-order valence-corrected chi connectivity index (χ2v) is 8.48. The fraction of sp³-hybridized carbons (Fsp3) is 0.667. The summed E-state index contributed by atoms with van der Waals surface area (Å²) in [5, 5.41) is 24.7. The molecule has 0 aliphatic carbocycles. The summed E-state index contributed by atoms with van der Waals surface area (Å²) in [6, 6.07) is 1.18. The fourth-order valence-corrected chi connectivity index (χ4v) is 2.99. The minimum atomic E-state index is -4.86. The first-order valence-electron chi connectivity index (χ1n) is 8.92. The highest BCUT2D eigenvalue weighted by atomic mass is 19.4. The van der Waals surface area contributed by atoms with Crippen LogP contribution in [-0.4, -0.2) is 46.9 Å². The van der Waals surface area contributed by atoms with E-state index >= 15 is 0 Å². The van der Waals surface area contributed by atoms with Crippen molar-refractivity contribution in [3.63, 3.8) is 0 Å². The van der Waals surface area contributed by atoms with Gasteiger partial charge in [0.15, 0.2) is 5.82 Å². The molecule has 2 atom stereocenters. The Morgan fingerprint density at radius 3 is 2.25 bits per heavy atom. The van der Waals surface area contributed by atoms with Gasteiger partial charge < -0.3 is 19.5 Å². The lowest BCUT2D eigenvalue weighted by Gasteiger charge is -2.36. The number of aliphatic hydroxyl groups is 2. The Balaban J connectivity index is 2.04. The molecular weight excluding hydrogens is 377 g/mol. The van der Waals surface area contributed by atoms with Crippen molar-refractivity contribution in [2.45, 2.75) is 77.1 Å². The molecular formula is C18H25F3N4O3. The molecule has 10 heteroatoms. The van der Waals surface area contributed by atoms with Gasteiger partial charge in [-0.05, 0) is 41.5 Å². The third kappa shape index (κ3) is 3.08. The van der Waals surface area contributed by atoms with Crippen molar-refractivity contribution in [1.82, 2.24) is 19.3 Å². The lowest BCUT2D eigenvalue weighted by molar-refractivity contribution is -0.262. The minimum absolute atomic E-state index is 0.244. The van der Waals surface area contributed by atoms with E-state index < -0.39 is 34.8 Å². The van der Waals surface area contributed by atoms with E-state index in [4.69, 9.17) is 4.74 Å². The molecule has 0 spiro atoms. The van der Waals surface area contributed by atoms with Crippen molar-refractivity contribution < 1.29 is 28.1 Å². The number of nitrogens with zero attached hydrogens (tertiary/aromatic N) is 4. The normalized spacial score (nSPS) is 19.8. The van der Waals surface area contributed by atoms with E-state index in [0.717, 1.165) is 0 Å². The molecule has 0 amide bonds. The number of aromatic nitrogens is 4. The van der Waals surface area contributed by atoms with Crippen molar-refractivity contribution in [3.8, 4) is 17.3 Å². The van der Waals surface area contributed by atoms with Crippen LogP contribution in [0.2, 0.25) is 0 Å². The van der Waals surface area contributed by atoms with Gasteiger partial charge in [-0.3, -0.25) is 4.68 Å². The zero-order chi connectivity index (χ0) is 21.3. The molecule has 0 bridgehead atoms. The number of alkyl halides is 3. The summed E-state index contributed by atoms with van der Waals surface area (Å²) in [5.74, 6) is -0.220. The number of fused-ring (bicyclic) bond motifs is 3. The average Bonchev–Trinajstić information content (AvgIpc) is 3.08. The molecule has 2 N–H and O–H groups in total. The van der Waals surface area contributed by atoms with E-state index in [9.17, 15) is 23.4 Å². The first kappa shape index (κ1) is 20.7. The molecule has 0 radical (unpaired) electrons. The Morgan fingerprint density at radius 1 is 1.11 bits per heavy atom. The van der Waals surface area contributed by atoms with Crippen LogP contribution in [0.25, 0.3) is 11.4 Å². The Morgan fingerprint density at radius 2 is 1.71 bits per heavy atom. The molecule has 2 aromatic heterocycles. The highest BCUT2D eigenvalue weighted by Crippen LogP contribution is 2.42. The summed E-state index contributed by atoms with van der Waals surface area (Å²) in [7, 11) is 0. The molecule has 0 unspecified atom stereocenters. The van der Waals surface area contributed by atoms with Crippen molar-refractivity contribution in [2.24, 2.45) is 0 Å². The van der Waals surface area contributed by atoms with Gasteiger partial charge in [-0.15, -0.1) is 5.10 Å². The summed E-state index contributed by atoms with van der Waals surface area (Å²) >= 11 is 0. The summed E-state index contributed by atoms with van der Waals surface area (Å²) in [6.45, 7) is 9.38. The Labute approximate surface area is 160 Å². The number of halogens is 3. The zero-order valence-electron chi connectivity index (χ0n) is 16.7. The highest BCUT2D eigenvalue weighted by molar-refractivity contribution is 5.58. The predicted octanol–water partition coefficient (Wildman–Crippen LogP) is 3.02. The summed E-state index contributed by atoms with van der Waals surface area (Å²) in [5.41, 5.74) is -4.25. The largest absolute Gasteiger partial charge is 0.468 e. The molecule has 7 nitrogen and oxygen atoms in total. The van der Waals surface area contributed by atoms with Crippen LogP contribution in [0.15, 0.2) is 12.3 Å². The molecule has 1 aliphatic heterocycles. The molecule has 0 fully saturated rings. The fourth-order valence-electron chi connectivity index (χ4n) is 2.99. The van der Waals surface area contributed by atoms with Crippen molar-refractivity contribution in [1.29, 1.82) is 0 Å². The third-order valence-corrected chi connectivity index (χ3v) is 5.52. The summed E-state index contributed by atoms with van der Waals surface area (Å²) in [4.78, 5) is 3.88. The Kier molecular flexibility index (Phi) is 4.40. The topological polar surface area (TPSA) is 85.3 Å². The molecule has 0 saturated carbocycles. The van der Waals surface area contributed by atoms with E-state index in [2.05, 4.69) is 10.1 Å². The van der Waals surface area contributed by atoms with Gasteiger partial charge in [0, 0.05) is 6.07 Å². The van der Waals surface area contributed by atoms with E-state index in [-0.39, 0.29) is 12.4 Å². The number of imidazole rings is 1. The average molecular weight is 402 g/mol. The standard InChI is InChI=1S/C18H25F3N4O3/c1-10-9-24-11(7-13(23-24)28-16(4,5)15(2,3)26)12-8-22-14(25(10)12)17(6,27)18(19,20)21/h7-8,10,26-27H,9H2,1-6H3/t10-,17+/m0/s1. The van der Waals surface area contributed by atoms with Crippen LogP contribution in [0.4, 0.5) is 13.2 Å². The molecule has 0 aromatic carbocycles. The second kappa shape index (κ2) is 5.96. The molecule has 2 aromatic rings. The quantitative estimate of drug-likeness (QED) is 0.821. The van der Waals surface area contributed by atoms with Gasteiger partial charge >= 0.3 is 6.18 Å². The molecule has 3 heterocycles. The molecule has 3 rings (SSSR count). The van der Waals surface area contributed by atoms with Crippen LogP contribution >= 0.6 is 0 Å². The Hall–Kier alpha value is -2.07. The van der Waals surface area contributed by atoms with Crippen molar-refractivity contribution in [2.75, 3.05) is 0 Å². The molecule has 0 saturated heterocycles. The van der Waals surface area contributed by atoms with Crippen LogP contribution in [0.3, 0.4) is 0 Å². The second-order valence-electron chi connectivity index (χ2n) is 8.48. The maximum atomic E-state index is 13.3. The summed E-state index contributed by atoms with van der Waals surface area (Å²) in [6.07, 6.45) is -3.57. The van der Waals surface area contributed by atoms with E-state index in [0.29, 0.717) is 18.3 Å².